The summed E-state index contributed by atoms with van der Waals surface area (Å²) in [7, 11) is 2.19. The van der Waals surface area contributed by atoms with E-state index in [9.17, 15) is 5.11 Å². The third-order valence-corrected chi connectivity index (χ3v) is 4.43. The van der Waals surface area contributed by atoms with E-state index in [2.05, 4.69) is 23.8 Å². The summed E-state index contributed by atoms with van der Waals surface area (Å²) in [6, 6.07) is 0.629. The molecule has 1 heterocycles. The first-order valence-corrected chi connectivity index (χ1v) is 6.77. The van der Waals surface area contributed by atoms with Gasteiger partial charge in [0, 0.05) is 32.2 Å². The molecule has 1 saturated carbocycles. The summed E-state index contributed by atoms with van der Waals surface area (Å²) in [5.74, 6) is 0.579. The van der Waals surface area contributed by atoms with E-state index in [-0.39, 0.29) is 6.10 Å². The van der Waals surface area contributed by atoms with Crippen LogP contribution in [0, 0.1) is 5.92 Å². The molecule has 0 aromatic rings. The van der Waals surface area contributed by atoms with E-state index in [1.807, 2.05) is 0 Å². The van der Waals surface area contributed by atoms with Crippen LogP contribution >= 0.6 is 0 Å². The Morgan fingerprint density at radius 3 is 2.56 bits per heavy atom. The second-order valence-corrected chi connectivity index (χ2v) is 5.70. The number of hydrogen-bond donors (Lipinski definition) is 1. The molecule has 94 valence electrons. The van der Waals surface area contributed by atoms with Gasteiger partial charge in [0.25, 0.3) is 0 Å². The molecule has 2 fully saturated rings. The molecule has 0 amide bonds. The first-order chi connectivity index (χ1) is 7.66. The molecule has 0 spiro atoms. The highest BCUT2D eigenvalue weighted by Gasteiger charge is 2.27. The van der Waals surface area contributed by atoms with Crippen LogP contribution < -0.4 is 0 Å². The molecule has 1 aliphatic heterocycles. The van der Waals surface area contributed by atoms with Crippen LogP contribution in [0.25, 0.3) is 0 Å². The van der Waals surface area contributed by atoms with Crippen LogP contribution in [0.15, 0.2) is 0 Å². The van der Waals surface area contributed by atoms with E-state index in [1.165, 1.54) is 25.7 Å². The molecule has 0 bridgehead atoms. The van der Waals surface area contributed by atoms with Crippen LogP contribution in [-0.2, 0) is 0 Å². The fourth-order valence-electron chi connectivity index (χ4n) is 3.05. The van der Waals surface area contributed by atoms with Crippen molar-refractivity contribution in [3.8, 4) is 0 Å². The van der Waals surface area contributed by atoms with Gasteiger partial charge in [-0.3, -0.25) is 4.90 Å². The first-order valence-electron chi connectivity index (χ1n) is 6.77. The normalized spacial score (nSPS) is 32.1. The molecular weight excluding hydrogens is 200 g/mol. The van der Waals surface area contributed by atoms with Gasteiger partial charge in [0.15, 0.2) is 0 Å². The number of aliphatic hydroxyl groups excluding tert-OH is 1. The molecule has 2 aliphatic rings. The summed E-state index contributed by atoms with van der Waals surface area (Å²) in [4.78, 5) is 4.84. The van der Waals surface area contributed by atoms with Crippen LogP contribution in [0.1, 0.15) is 32.6 Å². The van der Waals surface area contributed by atoms with Crippen LogP contribution in [0.4, 0.5) is 0 Å². The average Bonchev–Trinajstić information content (AvgIpc) is 2.77. The second kappa shape index (κ2) is 5.48. The molecule has 2 rings (SSSR count). The maximum atomic E-state index is 10.2. The Morgan fingerprint density at radius 1 is 1.25 bits per heavy atom. The van der Waals surface area contributed by atoms with Gasteiger partial charge in [-0.25, -0.2) is 0 Å². The van der Waals surface area contributed by atoms with Crippen molar-refractivity contribution in [3.63, 3.8) is 0 Å². The quantitative estimate of drug-likeness (QED) is 0.782. The van der Waals surface area contributed by atoms with E-state index in [4.69, 9.17) is 0 Å². The predicted octanol–water partition coefficient (Wildman–Crippen LogP) is 1.17. The fraction of sp³-hybridized carbons (Fsp3) is 1.00. The fourth-order valence-corrected chi connectivity index (χ4v) is 3.05. The minimum Gasteiger partial charge on any atom is -0.392 e. The maximum Gasteiger partial charge on any atom is 0.0695 e. The van der Waals surface area contributed by atoms with Gasteiger partial charge in [-0.2, -0.15) is 0 Å². The molecule has 1 N–H and O–H groups in total. The molecule has 3 heteroatoms. The van der Waals surface area contributed by atoms with Gasteiger partial charge in [-0.15, -0.1) is 0 Å². The number of β-amino-alcohol motifs (C(OH)–C–C–N with tert-alkyl or cyclic N) is 1. The molecule has 3 nitrogen and oxygen atoms in total. The minimum atomic E-state index is -0.0851. The topological polar surface area (TPSA) is 26.7 Å². The maximum absolute atomic E-state index is 10.2. The van der Waals surface area contributed by atoms with Crippen molar-refractivity contribution in [2.24, 2.45) is 5.92 Å². The van der Waals surface area contributed by atoms with E-state index in [0.29, 0.717) is 12.0 Å². The summed E-state index contributed by atoms with van der Waals surface area (Å²) in [6.45, 7) is 6.53. The summed E-state index contributed by atoms with van der Waals surface area (Å²) >= 11 is 0. The lowest BCUT2D eigenvalue weighted by Gasteiger charge is -2.39. The lowest BCUT2D eigenvalue weighted by Crippen LogP contribution is -2.52. The van der Waals surface area contributed by atoms with Gasteiger partial charge >= 0.3 is 0 Å². The Kier molecular flexibility index (Phi) is 4.22. The van der Waals surface area contributed by atoms with E-state index in [0.717, 1.165) is 26.2 Å². The minimum absolute atomic E-state index is 0.0851. The Morgan fingerprint density at radius 2 is 1.94 bits per heavy atom. The standard InChI is InChI=1S/C13H26N2O/c1-11-9-15(8-7-14(11)2)10-13(16)12-5-3-4-6-12/h11-13,16H,3-10H2,1-2H3. The largest absolute Gasteiger partial charge is 0.392 e. The molecule has 2 atom stereocenters. The van der Waals surface area contributed by atoms with Crippen molar-refractivity contribution in [2.45, 2.75) is 44.8 Å². The monoisotopic (exact) mass is 226 g/mol. The van der Waals surface area contributed by atoms with Gasteiger partial charge in [0.2, 0.25) is 0 Å². The van der Waals surface area contributed by atoms with Gasteiger partial charge in [-0.05, 0) is 32.7 Å². The van der Waals surface area contributed by atoms with Crippen LogP contribution in [0.5, 0.6) is 0 Å². The number of aliphatic hydroxyl groups is 1. The summed E-state index contributed by atoms with van der Waals surface area (Å²) in [6.07, 6.45) is 5.04. The van der Waals surface area contributed by atoms with Crippen molar-refractivity contribution < 1.29 is 5.11 Å². The van der Waals surface area contributed by atoms with Gasteiger partial charge in [0.05, 0.1) is 6.10 Å². The zero-order chi connectivity index (χ0) is 11.5. The van der Waals surface area contributed by atoms with Crippen molar-refractivity contribution >= 4 is 0 Å². The molecular formula is C13H26N2O. The summed E-state index contributed by atoms with van der Waals surface area (Å²) < 4.78 is 0. The van der Waals surface area contributed by atoms with Gasteiger partial charge < -0.3 is 10.0 Å². The molecule has 1 aliphatic carbocycles. The van der Waals surface area contributed by atoms with Crippen molar-refractivity contribution in [1.29, 1.82) is 0 Å². The smallest absolute Gasteiger partial charge is 0.0695 e. The van der Waals surface area contributed by atoms with Crippen molar-refractivity contribution in [2.75, 3.05) is 33.2 Å². The summed E-state index contributed by atoms with van der Waals surface area (Å²) in [5.41, 5.74) is 0. The summed E-state index contributed by atoms with van der Waals surface area (Å²) in [5, 5.41) is 10.2. The first kappa shape index (κ1) is 12.3. The number of likely N-dealkylation sites (N-methyl/N-ethyl adjacent to an activating group) is 1. The molecule has 16 heavy (non-hydrogen) atoms. The van der Waals surface area contributed by atoms with Crippen LogP contribution in [0.3, 0.4) is 0 Å². The van der Waals surface area contributed by atoms with E-state index < -0.39 is 0 Å². The molecule has 2 unspecified atom stereocenters. The Balaban J connectivity index is 1.76. The number of rotatable bonds is 3. The van der Waals surface area contributed by atoms with E-state index in [1.54, 1.807) is 0 Å². The Labute approximate surface area is 99.4 Å². The lowest BCUT2D eigenvalue weighted by molar-refractivity contribution is 0.0319. The average molecular weight is 226 g/mol. The second-order valence-electron chi connectivity index (χ2n) is 5.70. The highest BCUT2D eigenvalue weighted by atomic mass is 16.3. The van der Waals surface area contributed by atoms with Crippen molar-refractivity contribution in [3.05, 3.63) is 0 Å². The van der Waals surface area contributed by atoms with Crippen LogP contribution in [0.2, 0.25) is 0 Å². The van der Waals surface area contributed by atoms with Gasteiger partial charge in [0.1, 0.15) is 0 Å². The Hall–Kier alpha value is -0.120. The predicted molar refractivity (Wildman–Crippen MR) is 66.5 cm³/mol. The Bertz CT molecular complexity index is 216. The van der Waals surface area contributed by atoms with E-state index >= 15 is 0 Å². The number of hydrogen-bond acceptors (Lipinski definition) is 3. The van der Waals surface area contributed by atoms with Crippen molar-refractivity contribution in [1.82, 2.24) is 9.80 Å². The SMILES string of the molecule is CC1CN(CC(O)C2CCCC2)CCN1C. The molecule has 0 radical (unpaired) electrons. The lowest BCUT2D eigenvalue weighted by atomic mass is 10.00. The highest BCUT2D eigenvalue weighted by Crippen LogP contribution is 2.28. The van der Waals surface area contributed by atoms with Gasteiger partial charge in [-0.1, -0.05) is 12.8 Å². The zero-order valence-corrected chi connectivity index (χ0v) is 10.7. The third-order valence-electron chi connectivity index (χ3n) is 4.43. The number of nitrogens with zero attached hydrogens (tertiary/aromatic N) is 2. The molecule has 0 aromatic heterocycles. The highest BCUT2D eigenvalue weighted by molar-refractivity contribution is 4.82. The third kappa shape index (κ3) is 2.96. The molecule has 1 saturated heterocycles. The molecule has 0 aromatic carbocycles. The number of piperazine rings is 1. The zero-order valence-electron chi connectivity index (χ0n) is 10.7. The van der Waals surface area contributed by atoms with Crippen LogP contribution in [-0.4, -0.2) is 60.3 Å².